The molecule has 1 aromatic rings. The number of pyridine rings is 1. The summed E-state index contributed by atoms with van der Waals surface area (Å²) in [6.45, 7) is 1.96. The summed E-state index contributed by atoms with van der Waals surface area (Å²) in [6, 6.07) is 3.85. The molecule has 0 amide bonds. The fourth-order valence-corrected chi connectivity index (χ4v) is 1.04. The summed E-state index contributed by atoms with van der Waals surface area (Å²) in [5.74, 6) is 0. The number of nitrogens with zero attached hydrogens (tertiary/aromatic N) is 1. The average Bonchev–Trinajstić information content (AvgIpc) is 1.88. The third kappa shape index (κ3) is 1.91. The van der Waals surface area contributed by atoms with E-state index in [1.54, 1.807) is 12.4 Å². The van der Waals surface area contributed by atoms with Crippen LogP contribution in [0.4, 0.5) is 0 Å². The summed E-state index contributed by atoms with van der Waals surface area (Å²) in [5, 5.41) is 0. The van der Waals surface area contributed by atoms with Crippen LogP contribution < -0.4 is 5.73 Å². The fourth-order valence-electron chi connectivity index (χ4n) is 0.678. The van der Waals surface area contributed by atoms with Gasteiger partial charge >= 0.3 is 0 Å². The van der Waals surface area contributed by atoms with E-state index in [9.17, 15) is 0 Å². The predicted octanol–water partition coefficient (Wildman–Crippen LogP) is 1.65. The van der Waals surface area contributed by atoms with E-state index in [0.717, 1.165) is 5.56 Å². The molecule has 0 spiro atoms. The molecule has 3 heteroatoms. The molecule has 0 fully saturated rings. The molecule has 1 atom stereocenters. The van der Waals surface area contributed by atoms with Gasteiger partial charge in [-0.3, -0.25) is 4.98 Å². The smallest absolute Gasteiger partial charge is 0.0907 e. The van der Waals surface area contributed by atoms with Crippen LogP contribution in [0.1, 0.15) is 12.5 Å². The molecule has 1 rings (SSSR count). The maximum absolute atomic E-state index is 5.82. The average molecular weight is 248 g/mol. The molecule has 0 aromatic carbocycles. The Bertz CT molecular complexity index is 203. The number of hydrogen-bond acceptors (Lipinski definition) is 2. The molecule has 54 valence electrons. The van der Waals surface area contributed by atoms with Gasteiger partial charge in [0.2, 0.25) is 0 Å². The Kier molecular flexibility index (Phi) is 2.25. The minimum absolute atomic E-state index is 0.277. The van der Waals surface area contributed by atoms with Gasteiger partial charge in [-0.15, -0.1) is 0 Å². The largest absolute Gasteiger partial charge is 0.313 e. The van der Waals surface area contributed by atoms with Crippen LogP contribution >= 0.6 is 22.6 Å². The zero-order valence-corrected chi connectivity index (χ0v) is 7.87. The number of alkyl halides is 1. The van der Waals surface area contributed by atoms with Gasteiger partial charge in [-0.05, 0) is 24.6 Å². The van der Waals surface area contributed by atoms with E-state index in [0.29, 0.717) is 0 Å². The Morgan fingerprint density at radius 2 is 2.00 bits per heavy atom. The minimum atomic E-state index is -0.277. The molecule has 0 saturated carbocycles. The second-order valence-electron chi connectivity index (χ2n) is 2.31. The lowest BCUT2D eigenvalue weighted by Gasteiger charge is -2.15. The highest BCUT2D eigenvalue weighted by Gasteiger charge is 2.14. The molecule has 10 heavy (non-hydrogen) atoms. The number of halogens is 1. The normalized spacial score (nSPS) is 16.3. The van der Waals surface area contributed by atoms with Gasteiger partial charge in [-0.25, -0.2) is 0 Å². The van der Waals surface area contributed by atoms with Crippen molar-refractivity contribution in [2.45, 2.75) is 10.5 Å². The zero-order chi connectivity index (χ0) is 7.61. The lowest BCUT2D eigenvalue weighted by molar-refractivity contribution is 0.777. The van der Waals surface area contributed by atoms with Gasteiger partial charge < -0.3 is 5.73 Å². The Morgan fingerprint density at radius 1 is 1.50 bits per heavy atom. The van der Waals surface area contributed by atoms with Crippen LogP contribution in [0.2, 0.25) is 0 Å². The first kappa shape index (κ1) is 7.94. The first-order chi connectivity index (χ1) is 4.61. The Labute approximate surface area is 74.0 Å². The van der Waals surface area contributed by atoms with Crippen molar-refractivity contribution < 1.29 is 0 Å². The van der Waals surface area contributed by atoms with Crippen LogP contribution in [0.25, 0.3) is 0 Å². The molecule has 1 unspecified atom stereocenters. The standard InChI is InChI=1S/C7H9IN2/c1-7(8,9)6-2-4-10-5-3-6/h2-5H,9H2,1H3. The summed E-state index contributed by atoms with van der Waals surface area (Å²) < 4.78 is -0.277. The Hall–Kier alpha value is -0.160. The van der Waals surface area contributed by atoms with Crippen LogP contribution in [0.5, 0.6) is 0 Å². The maximum Gasteiger partial charge on any atom is 0.0907 e. The van der Waals surface area contributed by atoms with Crippen molar-refractivity contribution in [3.63, 3.8) is 0 Å². The number of rotatable bonds is 1. The van der Waals surface area contributed by atoms with Crippen molar-refractivity contribution in [3.05, 3.63) is 30.1 Å². The molecular formula is C7H9IN2. The molecule has 0 radical (unpaired) electrons. The van der Waals surface area contributed by atoms with E-state index >= 15 is 0 Å². The second-order valence-corrected chi connectivity index (χ2v) is 4.55. The highest BCUT2D eigenvalue weighted by Crippen LogP contribution is 2.23. The molecule has 2 nitrogen and oxygen atoms in total. The van der Waals surface area contributed by atoms with Crippen LogP contribution in [-0.2, 0) is 3.55 Å². The van der Waals surface area contributed by atoms with Crippen molar-refractivity contribution in [3.8, 4) is 0 Å². The zero-order valence-electron chi connectivity index (χ0n) is 5.71. The lowest BCUT2D eigenvalue weighted by Crippen LogP contribution is -2.24. The first-order valence-electron chi connectivity index (χ1n) is 2.99. The van der Waals surface area contributed by atoms with Crippen LogP contribution in [-0.4, -0.2) is 4.98 Å². The summed E-state index contributed by atoms with van der Waals surface area (Å²) in [5.41, 5.74) is 6.92. The summed E-state index contributed by atoms with van der Waals surface area (Å²) >= 11 is 2.19. The number of hydrogen-bond donors (Lipinski definition) is 1. The highest BCUT2D eigenvalue weighted by molar-refractivity contribution is 14.1. The molecule has 1 heterocycles. The summed E-state index contributed by atoms with van der Waals surface area (Å²) in [6.07, 6.45) is 3.50. The highest BCUT2D eigenvalue weighted by atomic mass is 127. The molecule has 0 bridgehead atoms. The quantitative estimate of drug-likeness (QED) is 0.466. The third-order valence-corrected chi connectivity index (χ3v) is 1.87. The van der Waals surface area contributed by atoms with Crippen LogP contribution in [0.3, 0.4) is 0 Å². The van der Waals surface area contributed by atoms with E-state index in [1.165, 1.54) is 0 Å². The van der Waals surface area contributed by atoms with Crippen LogP contribution in [0, 0.1) is 0 Å². The summed E-state index contributed by atoms with van der Waals surface area (Å²) in [7, 11) is 0. The lowest BCUT2D eigenvalue weighted by atomic mass is 10.1. The topological polar surface area (TPSA) is 38.9 Å². The monoisotopic (exact) mass is 248 g/mol. The van der Waals surface area contributed by atoms with Gasteiger partial charge in [0, 0.05) is 12.4 Å². The van der Waals surface area contributed by atoms with Crippen molar-refractivity contribution in [1.29, 1.82) is 0 Å². The Balaban J connectivity index is 2.97. The van der Waals surface area contributed by atoms with E-state index in [-0.39, 0.29) is 3.55 Å². The van der Waals surface area contributed by atoms with E-state index in [4.69, 9.17) is 5.73 Å². The fraction of sp³-hybridized carbons (Fsp3) is 0.286. The molecule has 0 aliphatic rings. The Morgan fingerprint density at radius 3 is 2.30 bits per heavy atom. The van der Waals surface area contributed by atoms with E-state index in [1.807, 2.05) is 19.1 Å². The van der Waals surface area contributed by atoms with Gasteiger partial charge in [0.05, 0.1) is 3.55 Å². The van der Waals surface area contributed by atoms with Gasteiger partial charge in [0.15, 0.2) is 0 Å². The number of aromatic nitrogens is 1. The van der Waals surface area contributed by atoms with Gasteiger partial charge in [-0.1, -0.05) is 22.6 Å². The van der Waals surface area contributed by atoms with E-state index < -0.39 is 0 Å². The maximum atomic E-state index is 5.82. The molecular weight excluding hydrogens is 239 g/mol. The summed E-state index contributed by atoms with van der Waals surface area (Å²) in [4.78, 5) is 3.90. The van der Waals surface area contributed by atoms with E-state index in [2.05, 4.69) is 27.6 Å². The van der Waals surface area contributed by atoms with Crippen molar-refractivity contribution in [1.82, 2.24) is 4.98 Å². The molecule has 0 aliphatic carbocycles. The molecule has 2 N–H and O–H groups in total. The van der Waals surface area contributed by atoms with Crippen molar-refractivity contribution >= 4 is 22.6 Å². The van der Waals surface area contributed by atoms with Gasteiger partial charge in [0.25, 0.3) is 0 Å². The molecule has 0 aliphatic heterocycles. The first-order valence-corrected chi connectivity index (χ1v) is 4.07. The van der Waals surface area contributed by atoms with Gasteiger partial charge in [0.1, 0.15) is 0 Å². The second kappa shape index (κ2) is 2.84. The SMILES string of the molecule is CC(N)(I)c1ccncc1. The van der Waals surface area contributed by atoms with Crippen LogP contribution in [0.15, 0.2) is 24.5 Å². The van der Waals surface area contributed by atoms with Crippen molar-refractivity contribution in [2.24, 2.45) is 5.73 Å². The number of nitrogens with two attached hydrogens (primary N) is 1. The van der Waals surface area contributed by atoms with Gasteiger partial charge in [-0.2, -0.15) is 0 Å². The van der Waals surface area contributed by atoms with Crippen molar-refractivity contribution in [2.75, 3.05) is 0 Å². The minimum Gasteiger partial charge on any atom is -0.313 e. The third-order valence-electron chi connectivity index (χ3n) is 1.24. The predicted molar refractivity (Wildman–Crippen MR) is 49.8 cm³/mol. The molecule has 0 saturated heterocycles. The molecule has 1 aromatic heterocycles.